The van der Waals surface area contributed by atoms with Gasteiger partial charge in [-0.1, -0.05) is 56.3 Å². The van der Waals surface area contributed by atoms with Gasteiger partial charge < -0.3 is 14.7 Å². The minimum absolute atomic E-state index is 0.119. The molecular weight excluding hydrogens is 505 g/mol. The largest absolute Gasteiger partial charge is 0.496 e. The van der Waals surface area contributed by atoms with Crippen molar-refractivity contribution in [1.29, 1.82) is 0 Å². The van der Waals surface area contributed by atoms with E-state index in [4.69, 9.17) is 4.74 Å². The normalized spacial score (nSPS) is 12.8. The average molecular weight is 543 g/mol. The van der Waals surface area contributed by atoms with Crippen molar-refractivity contribution in [3.05, 3.63) is 83.4 Å². The highest BCUT2D eigenvalue weighted by Gasteiger charge is 2.36. The van der Waals surface area contributed by atoms with E-state index >= 15 is 0 Å². The molecule has 0 saturated carbocycles. The van der Waals surface area contributed by atoms with Crippen molar-refractivity contribution < 1.29 is 27.8 Å². The van der Waals surface area contributed by atoms with Crippen LogP contribution >= 0.6 is 0 Å². The van der Waals surface area contributed by atoms with Crippen LogP contribution in [0.25, 0.3) is 11.1 Å². The van der Waals surface area contributed by atoms with Crippen molar-refractivity contribution in [1.82, 2.24) is 4.90 Å². The number of hydrogen-bond donors (Lipinski definition) is 1. The zero-order chi connectivity index (χ0) is 29.1. The molecule has 39 heavy (non-hydrogen) atoms. The fourth-order valence-electron chi connectivity index (χ4n) is 4.80. The predicted molar refractivity (Wildman–Crippen MR) is 150 cm³/mol. The summed E-state index contributed by atoms with van der Waals surface area (Å²) in [7, 11) is 3.22. The van der Waals surface area contributed by atoms with Crippen LogP contribution in [0.5, 0.6) is 5.75 Å². The predicted octanol–water partition coefficient (Wildman–Crippen LogP) is 8.46. The maximum Gasteiger partial charge on any atom is 0.416 e. The van der Waals surface area contributed by atoms with E-state index in [0.29, 0.717) is 22.6 Å². The fourth-order valence-corrected chi connectivity index (χ4v) is 4.80. The van der Waals surface area contributed by atoms with Gasteiger partial charge in [0.15, 0.2) is 0 Å². The highest BCUT2D eigenvalue weighted by atomic mass is 19.4. The molecule has 1 N–H and O–H groups in total. The molecule has 1 atom stereocenters. The van der Waals surface area contributed by atoms with E-state index in [-0.39, 0.29) is 12.5 Å². The van der Waals surface area contributed by atoms with Gasteiger partial charge in [0.05, 0.1) is 18.7 Å². The van der Waals surface area contributed by atoms with Crippen LogP contribution in [0.4, 0.5) is 23.7 Å². The van der Waals surface area contributed by atoms with Crippen molar-refractivity contribution in [3.63, 3.8) is 0 Å². The van der Waals surface area contributed by atoms with Crippen LogP contribution in [0.1, 0.15) is 63.3 Å². The van der Waals surface area contributed by atoms with Crippen LogP contribution in [0.15, 0.2) is 66.7 Å². The SMILES string of the molecule is COc1ccc(C(C)C)cc1-c1ccc(C(F)(F)F)cc1N(C)C[C@@H](c1ccccc1)N(C(=O)O)C(C)(C)C. The molecule has 0 spiro atoms. The molecule has 3 aromatic carbocycles. The molecule has 3 rings (SSSR count). The molecule has 0 fully saturated rings. The lowest BCUT2D eigenvalue weighted by Crippen LogP contribution is -2.50. The Morgan fingerprint density at radius 1 is 0.923 bits per heavy atom. The van der Waals surface area contributed by atoms with E-state index < -0.39 is 29.4 Å². The molecule has 0 aliphatic carbocycles. The first kappa shape index (κ1) is 29.9. The van der Waals surface area contributed by atoms with Crippen LogP contribution in [0.3, 0.4) is 0 Å². The van der Waals surface area contributed by atoms with Crippen LogP contribution < -0.4 is 9.64 Å². The number of ether oxygens (including phenoxy) is 1. The first-order chi connectivity index (χ1) is 18.1. The van der Waals surface area contributed by atoms with Crippen LogP contribution in [0.2, 0.25) is 0 Å². The summed E-state index contributed by atoms with van der Waals surface area (Å²) in [6.07, 6.45) is -5.66. The molecular formula is C31H37F3N2O3. The number of methoxy groups -OCH3 is 1. The quantitative estimate of drug-likeness (QED) is 0.310. The molecule has 0 unspecified atom stereocenters. The smallest absolute Gasteiger partial charge is 0.416 e. The second-order valence-electron chi connectivity index (χ2n) is 11.0. The number of carbonyl (C=O) groups is 1. The lowest BCUT2D eigenvalue weighted by Gasteiger charge is -2.42. The molecule has 8 heteroatoms. The molecule has 0 aliphatic rings. The Kier molecular flexibility index (Phi) is 8.88. The summed E-state index contributed by atoms with van der Waals surface area (Å²) in [5.41, 5.74) is 1.77. The van der Waals surface area contributed by atoms with Gasteiger partial charge in [-0.2, -0.15) is 13.2 Å². The highest BCUT2D eigenvalue weighted by molar-refractivity contribution is 5.83. The number of benzene rings is 3. The number of nitrogens with zero attached hydrogens (tertiary/aromatic N) is 2. The van der Waals surface area contributed by atoms with Gasteiger partial charge in [-0.25, -0.2) is 4.79 Å². The first-order valence-corrected chi connectivity index (χ1v) is 12.8. The van der Waals surface area contributed by atoms with Crippen LogP contribution in [0, 0.1) is 0 Å². The second-order valence-corrected chi connectivity index (χ2v) is 11.0. The van der Waals surface area contributed by atoms with E-state index in [2.05, 4.69) is 0 Å². The summed E-state index contributed by atoms with van der Waals surface area (Å²) in [4.78, 5) is 15.5. The van der Waals surface area contributed by atoms with Gasteiger partial charge in [-0.15, -0.1) is 0 Å². The lowest BCUT2D eigenvalue weighted by atomic mass is 9.93. The number of carboxylic acid groups (broad SMARTS) is 1. The van der Waals surface area contributed by atoms with Gasteiger partial charge in [0.1, 0.15) is 5.75 Å². The van der Waals surface area contributed by atoms with E-state index in [9.17, 15) is 23.1 Å². The minimum atomic E-state index is -4.55. The fraction of sp³-hybridized carbons (Fsp3) is 0.387. The van der Waals surface area contributed by atoms with Crippen molar-refractivity contribution in [2.45, 2.75) is 58.3 Å². The highest BCUT2D eigenvalue weighted by Crippen LogP contribution is 2.42. The molecule has 0 radical (unpaired) electrons. The van der Waals surface area contributed by atoms with E-state index in [1.807, 2.05) is 62.4 Å². The third-order valence-electron chi connectivity index (χ3n) is 6.79. The molecule has 0 saturated heterocycles. The number of alkyl halides is 3. The third-order valence-corrected chi connectivity index (χ3v) is 6.79. The van der Waals surface area contributed by atoms with Crippen LogP contribution in [-0.4, -0.2) is 42.3 Å². The minimum Gasteiger partial charge on any atom is -0.496 e. The van der Waals surface area contributed by atoms with Gasteiger partial charge in [-0.3, -0.25) is 4.90 Å². The van der Waals surface area contributed by atoms with Gasteiger partial charge in [-0.05, 0) is 62.1 Å². The Morgan fingerprint density at radius 3 is 2.08 bits per heavy atom. The number of rotatable bonds is 8. The summed E-state index contributed by atoms with van der Waals surface area (Å²) in [6.45, 7) is 9.61. The second kappa shape index (κ2) is 11.6. The van der Waals surface area contributed by atoms with E-state index in [1.54, 1.807) is 32.7 Å². The Labute approximate surface area is 228 Å². The molecule has 5 nitrogen and oxygen atoms in total. The summed E-state index contributed by atoms with van der Waals surface area (Å²) in [5, 5.41) is 10.2. The lowest BCUT2D eigenvalue weighted by molar-refractivity contribution is -0.137. The number of anilines is 1. The molecule has 0 heterocycles. The van der Waals surface area contributed by atoms with Gasteiger partial charge in [0.2, 0.25) is 0 Å². The first-order valence-electron chi connectivity index (χ1n) is 12.8. The van der Waals surface area contributed by atoms with Gasteiger partial charge in [0.25, 0.3) is 0 Å². The standard InChI is InChI=1S/C31H37F3N2O3/c1-20(2)22-13-16-28(39-7)25(17-22)24-15-14-23(31(32,33)34)18-26(24)35(6)19-27(21-11-9-8-10-12-21)36(29(37)38)30(3,4)5/h8-18,20,27H,19H2,1-7H3,(H,37,38)/t27-/m0/s1. The zero-order valence-electron chi connectivity index (χ0n) is 23.5. The summed E-state index contributed by atoms with van der Waals surface area (Å²) in [5.74, 6) is 0.735. The summed E-state index contributed by atoms with van der Waals surface area (Å²) >= 11 is 0. The molecule has 0 bridgehead atoms. The van der Waals surface area contributed by atoms with Crippen molar-refractivity contribution in [3.8, 4) is 16.9 Å². The molecule has 0 aliphatic heterocycles. The number of hydrogen-bond acceptors (Lipinski definition) is 3. The van der Waals surface area contributed by atoms with E-state index in [1.165, 1.54) is 18.1 Å². The molecule has 0 aromatic heterocycles. The zero-order valence-corrected chi connectivity index (χ0v) is 23.5. The number of amides is 1. The molecule has 210 valence electrons. The molecule has 3 aromatic rings. The number of halogens is 3. The van der Waals surface area contributed by atoms with Crippen molar-refractivity contribution in [2.24, 2.45) is 0 Å². The summed E-state index contributed by atoms with van der Waals surface area (Å²) < 4.78 is 47.2. The van der Waals surface area contributed by atoms with E-state index in [0.717, 1.165) is 23.3 Å². The van der Waals surface area contributed by atoms with Crippen molar-refractivity contribution in [2.75, 3.05) is 25.6 Å². The monoisotopic (exact) mass is 542 g/mol. The topological polar surface area (TPSA) is 53.0 Å². The molecule has 1 amide bonds. The van der Waals surface area contributed by atoms with Gasteiger partial charge in [0, 0.05) is 35.9 Å². The Balaban J connectivity index is 2.22. The maximum atomic E-state index is 13.9. The van der Waals surface area contributed by atoms with Crippen molar-refractivity contribution >= 4 is 11.8 Å². The maximum absolute atomic E-state index is 13.9. The Morgan fingerprint density at radius 2 is 1.56 bits per heavy atom. The Bertz CT molecular complexity index is 1280. The van der Waals surface area contributed by atoms with Gasteiger partial charge >= 0.3 is 12.3 Å². The average Bonchev–Trinajstić information content (AvgIpc) is 2.86. The third kappa shape index (κ3) is 6.85. The number of likely N-dealkylation sites (N-methyl/N-ethyl adjacent to an activating group) is 1. The van der Waals surface area contributed by atoms with Crippen LogP contribution in [-0.2, 0) is 6.18 Å². The summed E-state index contributed by atoms with van der Waals surface area (Å²) in [6, 6.07) is 17.9. The Hall–Kier alpha value is -3.68.